The molecule has 0 aliphatic carbocycles. The fourth-order valence-corrected chi connectivity index (χ4v) is 0. The Bertz CT molecular complexity index is 46.1. The van der Waals surface area contributed by atoms with Crippen LogP contribution in [-0.2, 0) is 4.39 Å². The molecule has 0 saturated carbocycles. The Morgan fingerprint density at radius 2 is 2.00 bits per heavy atom. The predicted octanol–water partition coefficient (Wildman–Crippen LogP) is -0.835. The van der Waals surface area contributed by atoms with Crippen molar-refractivity contribution in [2.75, 3.05) is 0 Å². The molecule has 0 saturated heterocycles. The molecule has 0 aromatic rings. The summed E-state index contributed by atoms with van der Waals surface area (Å²) in [6, 6.07) is 0. The molecule has 0 amide bonds. The van der Waals surface area contributed by atoms with Gasteiger partial charge in [0.15, 0.2) is 0 Å². The normalized spacial score (nSPS) is 5.50. The summed E-state index contributed by atoms with van der Waals surface area (Å²) in [5.74, 6) is 0. The van der Waals surface area contributed by atoms with Crippen molar-refractivity contribution < 1.29 is 9.48 Å². The summed E-state index contributed by atoms with van der Waals surface area (Å²) in [6.07, 6.45) is 0. The second-order valence-corrected chi connectivity index (χ2v) is 0.431. The van der Waals surface area contributed by atoms with Crippen molar-refractivity contribution in [1.82, 2.24) is 0 Å². The van der Waals surface area contributed by atoms with Crippen LogP contribution in [0.5, 0.6) is 0 Å². The van der Waals surface area contributed by atoms with Crippen LogP contribution in [0.15, 0.2) is 0 Å². The second kappa shape index (κ2) is 5.31. The van der Waals surface area contributed by atoms with Crippen molar-refractivity contribution in [3.8, 4) is 0 Å². The Hall–Kier alpha value is 0.308. The average Bonchev–Trinajstić information content (AvgIpc) is 1.38. The predicted molar refractivity (Wildman–Crippen MR) is 23.9 cm³/mol. The van der Waals surface area contributed by atoms with E-state index in [9.17, 15) is 0 Å². The first-order valence-electron chi connectivity index (χ1n) is 0.702. The molecule has 0 radical (unpaired) electrons. The van der Waals surface area contributed by atoms with Crippen LogP contribution >= 0.6 is 11.9 Å². The summed E-state index contributed by atoms with van der Waals surface area (Å²) in [5, 5.41) is 7.71. The van der Waals surface area contributed by atoms with Gasteiger partial charge in [-0.05, 0) is 0 Å². The van der Waals surface area contributed by atoms with Gasteiger partial charge in [0.05, 0.1) is 0 Å². The summed E-state index contributed by atoms with van der Waals surface area (Å²) in [4.78, 5) is 8.82. The molecule has 0 N–H and O–H groups in total. The first-order valence-corrected chi connectivity index (χ1v) is 1.01. The van der Waals surface area contributed by atoms with Gasteiger partial charge in [-0.3, -0.25) is 0 Å². The maximum absolute atomic E-state index is 8.82. The molecular weight excluding hydrogens is 219 g/mol. The van der Waals surface area contributed by atoms with Crippen LogP contribution in [0.3, 0.4) is 0 Å². The Labute approximate surface area is 56.1 Å². The van der Waals surface area contributed by atoms with Gasteiger partial charge in [0.1, 0.15) is 11.9 Å². The second-order valence-electron chi connectivity index (χ2n) is 0.293. The molecule has 0 fully saturated rings. The Morgan fingerprint density at radius 1 is 1.83 bits per heavy atom. The van der Waals surface area contributed by atoms with Gasteiger partial charge in [-0.2, -0.15) is 4.39 Å². The number of hydrogen-bond acceptors (Lipinski definition) is 3. The molecule has 0 heterocycles. The molecule has 0 aliphatic heterocycles. The Balaban J connectivity index is 0. The number of hydrogen-bond donors (Lipinski definition) is 0. The van der Waals surface area contributed by atoms with Crippen molar-refractivity contribution in [3.05, 3.63) is 10.1 Å². The summed E-state index contributed by atoms with van der Waals surface area (Å²) >= 11 is 4.14. The topological polar surface area (TPSA) is 52.4 Å². The summed E-state index contributed by atoms with van der Waals surface area (Å²) in [5.41, 5.74) is 0. The molecule has 0 atom stereocenters. The van der Waals surface area contributed by atoms with Crippen LogP contribution in [0.2, 0.25) is 0 Å². The quantitative estimate of drug-likeness (QED) is 0.330. The van der Waals surface area contributed by atoms with Gasteiger partial charge < -0.3 is 0 Å². The van der Waals surface area contributed by atoms with Crippen LogP contribution in [0, 0.1) is 10.1 Å². The fourth-order valence-electron chi connectivity index (χ4n) is 0. The van der Waals surface area contributed by atoms with Crippen LogP contribution in [0.1, 0.15) is 0 Å². The summed E-state index contributed by atoms with van der Waals surface area (Å²) < 4.78 is 2.94. The molecule has 6 heavy (non-hydrogen) atoms. The molecule has 0 spiro atoms. The van der Waals surface area contributed by atoms with Gasteiger partial charge in [0.2, 0.25) is 0 Å². The van der Waals surface area contributed by atoms with Gasteiger partial charge >= 0.3 is 29.5 Å². The molecule has 0 rings (SSSR count). The van der Waals surface area contributed by atoms with E-state index in [2.05, 4.69) is 16.3 Å². The fraction of sp³-hybridized carbons (Fsp3) is 0. The van der Waals surface area contributed by atoms with Crippen molar-refractivity contribution in [2.45, 2.75) is 0 Å². The van der Waals surface area contributed by atoms with Crippen molar-refractivity contribution >= 4 is 36.3 Å². The van der Waals surface area contributed by atoms with Crippen LogP contribution in [0.4, 0.5) is 0 Å². The minimum absolute atomic E-state index is 0. The van der Waals surface area contributed by atoms with Crippen LogP contribution < -0.4 is 0 Å². The van der Waals surface area contributed by atoms with Gasteiger partial charge in [0.25, 0.3) is 0 Å². The molecule has 38 valence electrons. The van der Waals surface area contributed by atoms with E-state index < -0.39 is 5.09 Å². The molecule has 0 bridgehead atoms. The Kier molecular flexibility index (Phi) is 8.47. The van der Waals surface area contributed by atoms with E-state index in [0.29, 0.717) is 0 Å². The summed E-state index contributed by atoms with van der Waals surface area (Å²) in [6.45, 7) is 0. The minimum atomic E-state index is -1.11. The Morgan fingerprint density at radius 3 is 2.00 bits per heavy atom. The zero-order valence-electron chi connectivity index (χ0n) is 2.76. The number of nitrogens with zero attached hydrogens (tertiary/aromatic N) is 1. The zero-order valence-corrected chi connectivity index (χ0v) is 7.55. The molecule has 6 heteroatoms. The first kappa shape index (κ1) is 9.58. The van der Waals surface area contributed by atoms with Crippen LogP contribution in [-0.4, -0.2) is 29.5 Å². The summed E-state index contributed by atoms with van der Waals surface area (Å²) in [7, 11) is 0. The molecule has 0 aromatic carbocycles. The SMILES string of the molecule is O=[N+]([O-])OCl.[SbH3]. The van der Waals surface area contributed by atoms with E-state index in [0.717, 1.165) is 0 Å². The van der Waals surface area contributed by atoms with Gasteiger partial charge in [0, 0.05) is 0 Å². The monoisotopic (exact) mass is 221 g/mol. The standard InChI is InChI=1S/ClNO3.Sb.3H/c1-5-2(3)4;;;;. The molecule has 0 unspecified atom stereocenters. The van der Waals surface area contributed by atoms with Crippen molar-refractivity contribution in [3.63, 3.8) is 0 Å². The van der Waals surface area contributed by atoms with Gasteiger partial charge in [-0.15, -0.1) is 10.1 Å². The average molecular weight is 222 g/mol. The third kappa shape index (κ3) is 8.85. The van der Waals surface area contributed by atoms with Gasteiger partial charge in [-0.25, -0.2) is 0 Å². The zero-order chi connectivity index (χ0) is 4.28. The van der Waals surface area contributed by atoms with E-state index >= 15 is 0 Å². The molecular formula is H3ClNO3Sb. The molecule has 0 aromatic heterocycles. The van der Waals surface area contributed by atoms with E-state index in [4.69, 9.17) is 10.1 Å². The first-order chi connectivity index (χ1) is 2.27. The third-order valence-electron chi connectivity index (χ3n) is 0.0563. The van der Waals surface area contributed by atoms with Crippen molar-refractivity contribution in [2.24, 2.45) is 0 Å². The van der Waals surface area contributed by atoms with E-state index in [1.807, 2.05) is 0 Å². The number of halogens is 1. The molecule has 4 nitrogen and oxygen atoms in total. The van der Waals surface area contributed by atoms with Gasteiger partial charge in [-0.1, -0.05) is 0 Å². The maximum atomic E-state index is 8.82. The van der Waals surface area contributed by atoms with E-state index in [1.54, 1.807) is 0 Å². The van der Waals surface area contributed by atoms with E-state index in [1.165, 1.54) is 0 Å². The van der Waals surface area contributed by atoms with Crippen molar-refractivity contribution in [1.29, 1.82) is 0 Å². The van der Waals surface area contributed by atoms with Crippen LogP contribution in [0.25, 0.3) is 0 Å². The molecule has 0 aliphatic rings. The van der Waals surface area contributed by atoms with E-state index in [-0.39, 0.29) is 24.4 Å². The number of rotatable bonds is 1. The third-order valence-corrected chi connectivity index (χ3v) is 0.169.